The van der Waals surface area contributed by atoms with Crippen LogP contribution in [0.2, 0.25) is 0 Å². The van der Waals surface area contributed by atoms with Gasteiger partial charge < -0.3 is 5.11 Å². The molecule has 1 fully saturated rings. The predicted octanol–water partition coefficient (Wildman–Crippen LogP) is 1.46. The van der Waals surface area contributed by atoms with E-state index in [0.717, 1.165) is 17.1 Å². The van der Waals surface area contributed by atoms with Crippen molar-refractivity contribution >= 4 is 16.0 Å². The van der Waals surface area contributed by atoms with Crippen molar-refractivity contribution in [2.24, 2.45) is 5.92 Å². The smallest absolute Gasteiger partial charge is 0.389 e. The lowest BCUT2D eigenvalue weighted by atomic mass is 10.3. The number of rotatable bonds is 8. The Hall–Kier alpha value is -0.830. The Morgan fingerprint density at radius 2 is 1.89 bits per heavy atom. The third kappa shape index (κ3) is 6.76. The Labute approximate surface area is 109 Å². The van der Waals surface area contributed by atoms with Gasteiger partial charge in [0.25, 0.3) is 0 Å². The average molecular weight is 303 g/mol. The Kier molecular flexibility index (Phi) is 5.19. The van der Waals surface area contributed by atoms with E-state index in [0.29, 0.717) is 0 Å². The van der Waals surface area contributed by atoms with Gasteiger partial charge in [-0.15, -0.1) is 0 Å². The van der Waals surface area contributed by atoms with Gasteiger partial charge >= 0.3 is 12.1 Å². The summed E-state index contributed by atoms with van der Waals surface area (Å²) in [5.74, 6) is -1.84. The number of hydrogen-bond donors (Lipinski definition) is 1. The molecule has 112 valence electrons. The first-order valence-corrected chi connectivity index (χ1v) is 7.47. The van der Waals surface area contributed by atoms with E-state index < -0.39 is 47.3 Å². The first-order chi connectivity index (χ1) is 8.60. The Morgan fingerprint density at radius 1 is 1.32 bits per heavy atom. The van der Waals surface area contributed by atoms with Crippen molar-refractivity contribution < 1.29 is 31.5 Å². The zero-order chi connectivity index (χ0) is 14.7. The highest BCUT2D eigenvalue weighted by atomic mass is 32.2. The first-order valence-electron chi connectivity index (χ1n) is 5.86. The normalized spacial score (nSPS) is 16.8. The molecule has 5 nitrogen and oxygen atoms in total. The fourth-order valence-corrected chi connectivity index (χ4v) is 3.11. The summed E-state index contributed by atoms with van der Waals surface area (Å²) in [5.41, 5.74) is 0. The highest BCUT2D eigenvalue weighted by Gasteiger charge is 2.33. The monoisotopic (exact) mass is 303 g/mol. The summed E-state index contributed by atoms with van der Waals surface area (Å²) in [7, 11) is -3.94. The van der Waals surface area contributed by atoms with E-state index in [9.17, 15) is 26.4 Å². The first kappa shape index (κ1) is 16.2. The van der Waals surface area contributed by atoms with Crippen LogP contribution in [0.4, 0.5) is 13.2 Å². The van der Waals surface area contributed by atoms with Crippen LogP contribution in [0, 0.1) is 5.92 Å². The second kappa shape index (κ2) is 6.08. The summed E-state index contributed by atoms with van der Waals surface area (Å²) in [5, 5.41) is 8.65. The molecule has 0 spiro atoms. The largest absolute Gasteiger partial charge is 0.480 e. The summed E-state index contributed by atoms with van der Waals surface area (Å²) < 4.78 is 60.3. The molecule has 1 saturated carbocycles. The van der Waals surface area contributed by atoms with Crippen molar-refractivity contribution in [3.8, 4) is 0 Å². The van der Waals surface area contributed by atoms with Crippen LogP contribution in [0.3, 0.4) is 0 Å². The number of hydrogen-bond acceptors (Lipinski definition) is 3. The van der Waals surface area contributed by atoms with Gasteiger partial charge in [0.05, 0.1) is 5.75 Å². The molecule has 0 radical (unpaired) electrons. The molecule has 1 aliphatic carbocycles. The quantitative estimate of drug-likeness (QED) is 0.736. The van der Waals surface area contributed by atoms with Crippen LogP contribution in [0.5, 0.6) is 0 Å². The number of carboxylic acid groups (broad SMARTS) is 1. The third-order valence-electron chi connectivity index (χ3n) is 2.73. The highest BCUT2D eigenvalue weighted by molar-refractivity contribution is 7.89. The summed E-state index contributed by atoms with van der Waals surface area (Å²) >= 11 is 0. The van der Waals surface area contributed by atoms with Gasteiger partial charge in [-0.05, 0) is 25.2 Å². The highest BCUT2D eigenvalue weighted by Crippen LogP contribution is 2.30. The lowest BCUT2D eigenvalue weighted by Crippen LogP contribution is -2.38. The maximum atomic E-state index is 12.0. The molecule has 0 saturated heterocycles. The van der Waals surface area contributed by atoms with Crippen molar-refractivity contribution in [2.45, 2.75) is 31.9 Å². The number of carbonyl (C=O) groups is 1. The van der Waals surface area contributed by atoms with E-state index in [1.165, 1.54) is 0 Å². The van der Waals surface area contributed by atoms with Gasteiger partial charge in [0.15, 0.2) is 0 Å². The average Bonchev–Trinajstić information content (AvgIpc) is 2.97. The molecule has 0 aromatic rings. The fourth-order valence-electron chi connectivity index (χ4n) is 1.60. The van der Waals surface area contributed by atoms with Crippen molar-refractivity contribution in [2.75, 3.05) is 18.8 Å². The maximum Gasteiger partial charge on any atom is 0.389 e. The fraction of sp³-hybridized carbons (Fsp3) is 0.900. The number of aliphatic carboxylic acids is 1. The van der Waals surface area contributed by atoms with Crippen molar-refractivity contribution in [1.82, 2.24) is 4.31 Å². The van der Waals surface area contributed by atoms with E-state index in [2.05, 4.69) is 0 Å². The zero-order valence-electron chi connectivity index (χ0n) is 10.2. The van der Waals surface area contributed by atoms with Crippen molar-refractivity contribution in [1.29, 1.82) is 0 Å². The Balaban J connectivity index is 2.55. The molecule has 1 aliphatic rings. The van der Waals surface area contributed by atoms with Crippen molar-refractivity contribution in [3.63, 3.8) is 0 Å². The van der Waals surface area contributed by atoms with Gasteiger partial charge in [0.1, 0.15) is 6.54 Å². The molecule has 0 heterocycles. The molecule has 9 heteroatoms. The molecule has 0 unspecified atom stereocenters. The summed E-state index contributed by atoms with van der Waals surface area (Å²) in [4.78, 5) is 10.6. The van der Waals surface area contributed by atoms with E-state index in [1.54, 1.807) is 0 Å². The van der Waals surface area contributed by atoms with Crippen LogP contribution in [0.25, 0.3) is 0 Å². The molecule has 19 heavy (non-hydrogen) atoms. The van der Waals surface area contributed by atoms with Gasteiger partial charge in [0, 0.05) is 13.0 Å². The SMILES string of the molecule is O=C(O)CN(CC1CC1)S(=O)(=O)CCCC(F)(F)F. The minimum atomic E-state index is -4.40. The molecule has 0 atom stereocenters. The van der Waals surface area contributed by atoms with Crippen LogP contribution in [0.15, 0.2) is 0 Å². The molecular formula is C10H16F3NO4S. The Morgan fingerprint density at radius 3 is 2.32 bits per heavy atom. The number of carboxylic acids is 1. The van der Waals surface area contributed by atoms with Crippen LogP contribution < -0.4 is 0 Å². The van der Waals surface area contributed by atoms with Gasteiger partial charge in [-0.3, -0.25) is 4.79 Å². The molecule has 0 bridgehead atoms. The molecule has 0 aromatic carbocycles. The van der Waals surface area contributed by atoms with Gasteiger partial charge in [-0.2, -0.15) is 17.5 Å². The predicted molar refractivity (Wildman–Crippen MR) is 61.0 cm³/mol. The molecular weight excluding hydrogens is 287 g/mol. The lowest BCUT2D eigenvalue weighted by molar-refractivity contribution is -0.137. The van der Waals surface area contributed by atoms with E-state index in [1.807, 2.05) is 0 Å². The Bertz CT molecular complexity index is 417. The number of sulfonamides is 1. The second-order valence-corrected chi connectivity index (χ2v) is 6.75. The number of alkyl halides is 3. The van der Waals surface area contributed by atoms with E-state index >= 15 is 0 Å². The van der Waals surface area contributed by atoms with Crippen LogP contribution >= 0.6 is 0 Å². The standard InChI is InChI=1S/C10H16F3NO4S/c11-10(12,13)4-1-5-19(17,18)14(7-9(15)16)6-8-2-3-8/h8H,1-7H2,(H,15,16). The van der Waals surface area contributed by atoms with E-state index in [4.69, 9.17) is 5.11 Å². The second-order valence-electron chi connectivity index (χ2n) is 4.66. The van der Waals surface area contributed by atoms with Crippen molar-refractivity contribution in [3.05, 3.63) is 0 Å². The van der Waals surface area contributed by atoms with Crippen LogP contribution in [0.1, 0.15) is 25.7 Å². The molecule has 0 aliphatic heterocycles. The minimum Gasteiger partial charge on any atom is -0.480 e. The topological polar surface area (TPSA) is 74.7 Å². The molecule has 1 rings (SSSR count). The molecule has 1 N–H and O–H groups in total. The summed E-state index contributed by atoms with van der Waals surface area (Å²) in [6, 6.07) is 0. The minimum absolute atomic E-state index is 0.0840. The van der Waals surface area contributed by atoms with Gasteiger partial charge in [-0.25, -0.2) is 8.42 Å². The van der Waals surface area contributed by atoms with Crippen LogP contribution in [-0.4, -0.2) is 48.8 Å². The number of halogens is 3. The molecule has 0 amide bonds. The number of nitrogens with zero attached hydrogens (tertiary/aromatic N) is 1. The van der Waals surface area contributed by atoms with E-state index in [-0.39, 0.29) is 12.5 Å². The summed E-state index contributed by atoms with van der Waals surface area (Å²) in [6.45, 7) is -0.606. The summed E-state index contributed by atoms with van der Waals surface area (Å²) in [6.07, 6.45) is -4.48. The third-order valence-corrected chi connectivity index (χ3v) is 4.60. The van der Waals surface area contributed by atoms with Gasteiger partial charge in [-0.1, -0.05) is 0 Å². The molecule has 0 aromatic heterocycles. The van der Waals surface area contributed by atoms with Gasteiger partial charge in [0.2, 0.25) is 10.0 Å². The maximum absolute atomic E-state index is 12.0. The zero-order valence-corrected chi connectivity index (χ0v) is 11.0. The lowest BCUT2D eigenvalue weighted by Gasteiger charge is -2.20. The van der Waals surface area contributed by atoms with Crippen LogP contribution in [-0.2, 0) is 14.8 Å².